The number of carbonyl (C=O) groups is 1. The molecule has 1 amide bonds. The molecule has 6 nitrogen and oxygen atoms in total. The summed E-state index contributed by atoms with van der Waals surface area (Å²) < 4.78 is 10.7. The predicted octanol–water partition coefficient (Wildman–Crippen LogP) is 3.06. The Kier molecular flexibility index (Phi) is 4.33. The molecule has 23 heavy (non-hydrogen) atoms. The van der Waals surface area contributed by atoms with E-state index in [0.717, 1.165) is 5.69 Å². The van der Waals surface area contributed by atoms with Gasteiger partial charge in [0.15, 0.2) is 12.4 Å². The van der Waals surface area contributed by atoms with Crippen molar-refractivity contribution in [1.82, 2.24) is 10.1 Å². The number of aryl methyl sites for hydroxylation is 1. The first kappa shape index (κ1) is 14.8. The minimum Gasteiger partial charge on any atom is -0.483 e. The van der Waals surface area contributed by atoms with Crippen LogP contribution in [-0.2, 0) is 4.79 Å². The summed E-state index contributed by atoms with van der Waals surface area (Å²) in [6, 6.07) is 16.4. The van der Waals surface area contributed by atoms with Gasteiger partial charge in [0.25, 0.3) is 11.8 Å². The molecule has 0 spiro atoms. The maximum absolute atomic E-state index is 12.0. The normalized spacial score (nSPS) is 10.3. The van der Waals surface area contributed by atoms with Crippen LogP contribution in [0.25, 0.3) is 11.5 Å². The van der Waals surface area contributed by atoms with Crippen LogP contribution in [0.3, 0.4) is 0 Å². The zero-order chi connectivity index (χ0) is 16.1. The molecule has 0 aliphatic heterocycles. The van der Waals surface area contributed by atoms with Crippen molar-refractivity contribution in [3.8, 4) is 17.2 Å². The Morgan fingerprint density at radius 2 is 1.87 bits per heavy atom. The Morgan fingerprint density at radius 3 is 2.61 bits per heavy atom. The van der Waals surface area contributed by atoms with Gasteiger partial charge in [0.2, 0.25) is 0 Å². The largest absolute Gasteiger partial charge is 0.483 e. The molecular formula is C17H15N3O3. The van der Waals surface area contributed by atoms with Crippen LogP contribution in [0.1, 0.15) is 5.82 Å². The van der Waals surface area contributed by atoms with Crippen molar-refractivity contribution in [2.75, 3.05) is 11.9 Å². The van der Waals surface area contributed by atoms with Crippen LogP contribution >= 0.6 is 0 Å². The summed E-state index contributed by atoms with van der Waals surface area (Å²) >= 11 is 0. The highest BCUT2D eigenvalue weighted by Gasteiger charge is 2.13. The van der Waals surface area contributed by atoms with Crippen molar-refractivity contribution >= 4 is 11.6 Å². The predicted molar refractivity (Wildman–Crippen MR) is 85.0 cm³/mol. The minimum absolute atomic E-state index is 0.112. The number of rotatable bonds is 5. The number of para-hydroxylation sites is 2. The molecule has 0 radical (unpaired) electrons. The molecule has 2 aromatic carbocycles. The first-order chi connectivity index (χ1) is 11.2. The fraction of sp³-hybridized carbons (Fsp3) is 0.118. The molecule has 0 saturated carbocycles. The van der Waals surface area contributed by atoms with E-state index in [1.165, 1.54) is 0 Å². The third kappa shape index (κ3) is 3.74. The van der Waals surface area contributed by atoms with Crippen LogP contribution in [0, 0.1) is 6.92 Å². The van der Waals surface area contributed by atoms with Crippen molar-refractivity contribution in [2.45, 2.75) is 6.92 Å². The number of ether oxygens (including phenoxy) is 1. The Hall–Kier alpha value is -3.15. The van der Waals surface area contributed by atoms with Gasteiger partial charge in [-0.2, -0.15) is 4.98 Å². The van der Waals surface area contributed by atoms with E-state index in [1.54, 1.807) is 19.1 Å². The molecule has 1 N–H and O–H groups in total. The number of benzene rings is 2. The molecule has 0 atom stereocenters. The van der Waals surface area contributed by atoms with Crippen LogP contribution in [0.2, 0.25) is 0 Å². The highest BCUT2D eigenvalue weighted by atomic mass is 16.5. The van der Waals surface area contributed by atoms with Crippen LogP contribution in [0.5, 0.6) is 5.75 Å². The van der Waals surface area contributed by atoms with Gasteiger partial charge in [0, 0.05) is 5.69 Å². The van der Waals surface area contributed by atoms with E-state index in [1.807, 2.05) is 42.5 Å². The lowest BCUT2D eigenvalue weighted by Crippen LogP contribution is -2.20. The number of carbonyl (C=O) groups excluding carboxylic acids is 1. The van der Waals surface area contributed by atoms with E-state index in [0.29, 0.717) is 23.0 Å². The zero-order valence-corrected chi connectivity index (χ0v) is 12.5. The van der Waals surface area contributed by atoms with E-state index in [9.17, 15) is 4.79 Å². The average Bonchev–Trinajstić information content (AvgIpc) is 3.00. The van der Waals surface area contributed by atoms with Crippen LogP contribution in [0.15, 0.2) is 59.1 Å². The van der Waals surface area contributed by atoms with E-state index in [2.05, 4.69) is 15.5 Å². The second kappa shape index (κ2) is 6.74. The fourth-order valence-electron chi connectivity index (χ4n) is 2.04. The smallest absolute Gasteiger partial charge is 0.262 e. The van der Waals surface area contributed by atoms with Crippen molar-refractivity contribution in [3.63, 3.8) is 0 Å². The Morgan fingerprint density at radius 1 is 1.13 bits per heavy atom. The number of amides is 1. The van der Waals surface area contributed by atoms with Gasteiger partial charge < -0.3 is 14.6 Å². The molecule has 6 heteroatoms. The summed E-state index contributed by atoms with van der Waals surface area (Å²) in [7, 11) is 0. The maximum Gasteiger partial charge on any atom is 0.262 e. The fourth-order valence-corrected chi connectivity index (χ4v) is 2.04. The highest BCUT2D eigenvalue weighted by molar-refractivity contribution is 5.91. The number of nitrogens with zero attached hydrogens (tertiary/aromatic N) is 2. The molecule has 116 valence electrons. The Balaban J connectivity index is 1.68. The maximum atomic E-state index is 12.0. The van der Waals surface area contributed by atoms with Crippen molar-refractivity contribution in [2.24, 2.45) is 0 Å². The SMILES string of the molecule is Cc1noc(-c2ccccc2OCC(=O)Nc2ccccc2)n1. The van der Waals surface area contributed by atoms with E-state index < -0.39 is 0 Å². The second-order valence-electron chi connectivity index (χ2n) is 4.85. The van der Waals surface area contributed by atoms with Gasteiger partial charge in [-0.25, -0.2) is 0 Å². The minimum atomic E-state index is -0.243. The first-order valence-corrected chi connectivity index (χ1v) is 7.10. The highest BCUT2D eigenvalue weighted by Crippen LogP contribution is 2.28. The summed E-state index contributed by atoms with van der Waals surface area (Å²) in [5.74, 6) is 1.17. The molecule has 3 aromatic rings. The number of nitrogens with one attached hydrogen (secondary N) is 1. The van der Waals surface area contributed by atoms with Gasteiger partial charge >= 0.3 is 0 Å². The zero-order valence-electron chi connectivity index (χ0n) is 12.5. The number of aromatic nitrogens is 2. The summed E-state index contributed by atoms with van der Waals surface area (Å²) in [5.41, 5.74) is 1.38. The number of hydrogen-bond donors (Lipinski definition) is 1. The molecule has 0 unspecified atom stereocenters. The summed E-state index contributed by atoms with van der Waals surface area (Å²) in [6.07, 6.45) is 0. The average molecular weight is 309 g/mol. The lowest BCUT2D eigenvalue weighted by Gasteiger charge is -2.09. The standard InChI is InChI=1S/C17H15N3O3/c1-12-18-17(23-20-12)14-9-5-6-10-15(14)22-11-16(21)19-13-7-3-2-4-8-13/h2-10H,11H2,1H3,(H,19,21). The quantitative estimate of drug-likeness (QED) is 0.783. The van der Waals surface area contributed by atoms with E-state index in [-0.39, 0.29) is 12.5 Å². The third-order valence-electron chi connectivity index (χ3n) is 3.06. The van der Waals surface area contributed by atoms with Crippen molar-refractivity contribution < 1.29 is 14.1 Å². The molecule has 0 bridgehead atoms. The van der Waals surface area contributed by atoms with Gasteiger partial charge in [-0.3, -0.25) is 4.79 Å². The van der Waals surface area contributed by atoms with Gasteiger partial charge in [0.1, 0.15) is 5.75 Å². The summed E-state index contributed by atoms with van der Waals surface area (Å²) in [6.45, 7) is 1.63. The number of hydrogen-bond acceptors (Lipinski definition) is 5. The number of anilines is 1. The van der Waals surface area contributed by atoms with Crippen LogP contribution in [-0.4, -0.2) is 22.7 Å². The summed E-state index contributed by atoms with van der Waals surface area (Å²) in [5, 5.41) is 6.52. The lowest BCUT2D eigenvalue weighted by molar-refractivity contribution is -0.118. The third-order valence-corrected chi connectivity index (χ3v) is 3.06. The van der Waals surface area contributed by atoms with Gasteiger partial charge in [-0.15, -0.1) is 0 Å². The Bertz CT molecular complexity index is 800. The molecule has 1 heterocycles. The van der Waals surface area contributed by atoms with Crippen molar-refractivity contribution in [3.05, 3.63) is 60.4 Å². The lowest BCUT2D eigenvalue weighted by atomic mass is 10.2. The monoisotopic (exact) mass is 309 g/mol. The van der Waals surface area contributed by atoms with Gasteiger partial charge in [0.05, 0.1) is 5.56 Å². The first-order valence-electron chi connectivity index (χ1n) is 7.10. The van der Waals surface area contributed by atoms with Crippen LogP contribution < -0.4 is 10.1 Å². The summed E-state index contributed by atoms with van der Waals surface area (Å²) in [4.78, 5) is 16.1. The molecule has 1 aromatic heterocycles. The molecule has 0 aliphatic rings. The van der Waals surface area contributed by atoms with Gasteiger partial charge in [-0.1, -0.05) is 35.5 Å². The molecule has 0 saturated heterocycles. The van der Waals surface area contributed by atoms with Crippen LogP contribution in [0.4, 0.5) is 5.69 Å². The molecule has 0 fully saturated rings. The van der Waals surface area contributed by atoms with Crippen molar-refractivity contribution in [1.29, 1.82) is 0 Å². The molecule has 3 rings (SSSR count). The Labute approximate surface area is 133 Å². The second-order valence-corrected chi connectivity index (χ2v) is 4.85. The molecular weight excluding hydrogens is 294 g/mol. The van der Waals surface area contributed by atoms with E-state index >= 15 is 0 Å². The topological polar surface area (TPSA) is 77.2 Å². The van der Waals surface area contributed by atoms with Gasteiger partial charge in [-0.05, 0) is 31.2 Å². The molecule has 0 aliphatic carbocycles. The van der Waals surface area contributed by atoms with E-state index in [4.69, 9.17) is 9.26 Å².